The predicted molar refractivity (Wildman–Crippen MR) is 137 cm³/mol. The van der Waals surface area contributed by atoms with Crippen LogP contribution in [0.25, 0.3) is 17.1 Å². The van der Waals surface area contributed by atoms with Gasteiger partial charge >= 0.3 is 0 Å². The molecular formula is C27H27FN4O2S. The predicted octanol–water partition coefficient (Wildman–Crippen LogP) is 5.90. The highest BCUT2D eigenvalue weighted by atomic mass is 32.2. The van der Waals surface area contributed by atoms with Crippen molar-refractivity contribution in [3.8, 4) is 22.8 Å². The summed E-state index contributed by atoms with van der Waals surface area (Å²) in [5.41, 5.74) is 2.68. The molecule has 0 aliphatic carbocycles. The molecule has 0 spiro atoms. The van der Waals surface area contributed by atoms with Gasteiger partial charge < -0.3 is 10.1 Å². The summed E-state index contributed by atoms with van der Waals surface area (Å²) in [6.07, 6.45) is 0.864. The Kier molecular flexibility index (Phi) is 7.82. The van der Waals surface area contributed by atoms with E-state index in [0.29, 0.717) is 33.7 Å². The third-order valence-corrected chi connectivity index (χ3v) is 6.60. The molecule has 35 heavy (non-hydrogen) atoms. The van der Waals surface area contributed by atoms with Gasteiger partial charge in [-0.1, -0.05) is 55.1 Å². The lowest BCUT2D eigenvalue weighted by Gasteiger charge is -2.13. The number of hydrogen-bond donors (Lipinski definition) is 1. The number of nitrogens with one attached hydrogen (secondary N) is 1. The van der Waals surface area contributed by atoms with Crippen LogP contribution in [0, 0.1) is 5.82 Å². The number of aromatic nitrogens is 3. The Bertz CT molecular complexity index is 1320. The minimum atomic E-state index is -0.373. The van der Waals surface area contributed by atoms with Crippen LogP contribution in [0.5, 0.6) is 5.75 Å². The maximum absolute atomic E-state index is 14.9. The van der Waals surface area contributed by atoms with Crippen molar-refractivity contribution in [1.29, 1.82) is 0 Å². The monoisotopic (exact) mass is 490 g/mol. The van der Waals surface area contributed by atoms with E-state index in [0.717, 1.165) is 17.5 Å². The second-order valence-corrected chi connectivity index (χ2v) is 9.04. The fraction of sp³-hybridized carbons (Fsp3) is 0.222. The fourth-order valence-corrected chi connectivity index (χ4v) is 4.41. The molecule has 1 atom stereocenters. The van der Waals surface area contributed by atoms with Crippen LogP contribution in [0.1, 0.15) is 36.2 Å². The van der Waals surface area contributed by atoms with Crippen LogP contribution in [0.2, 0.25) is 0 Å². The van der Waals surface area contributed by atoms with Crippen LogP contribution < -0.4 is 10.1 Å². The van der Waals surface area contributed by atoms with Crippen molar-refractivity contribution in [3.63, 3.8) is 0 Å². The smallest absolute Gasteiger partial charge is 0.251 e. The van der Waals surface area contributed by atoms with Gasteiger partial charge in [0.1, 0.15) is 11.6 Å². The Balaban J connectivity index is 1.65. The molecule has 0 aliphatic heterocycles. The molecule has 6 nitrogen and oxygen atoms in total. The quantitative estimate of drug-likeness (QED) is 0.296. The summed E-state index contributed by atoms with van der Waals surface area (Å²) in [5, 5.41) is 12.3. The molecule has 0 saturated carbocycles. The molecule has 1 N–H and O–H groups in total. The molecule has 4 rings (SSSR count). The summed E-state index contributed by atoms with van der Waals surface area (Å²) < 4.78 is 21.9. The number of hydrogen-bond acceptors (Lipinski definition) is 5. The fourth-order valence-electron chi connectivity index (χ4n) is 3.52. The summed E-state index contributed by atoms with van der Waals surface area (Å²) in [6, 6.07) is 21.6. The molecule has 1 unspecified atom stereocenters. The van der Waals surface area contributed by atoms with E-state index in [9.17, 15) is 9.18 Å². The van der Waals surface area contributed by atoms with E-state index >= 15 is 0 Å². The number of thioether (sulfide) groups is 1. The molecule has 0 aliphatic rings. The Morgan fingerprint density at radius 3 is 2.66 bits per heavy atom. The molecule has 1 aromatic heterocycles. The molecular weight excluding hydrogens is 463 g/mol. The van der Waals surface area contributed by atoms with E-state index in [-0.39, 0.29) is 17.8 Å². The summed E-state index contributed by atoms with van der Waals surface area (Å²) in [6.45, 7) is 4.01. The summed E-state index contributed by atoms with van der Waals surface area (Å²) in [4.78, 5) is 12.5. The van der Waals surface area contributed by atoms with Crippen molar-refractivity contribution in [2.75, 3.05) is 7.11 Å². The van der Waals surface area contributed by atoms with E-state index in [1.54, 1.807) is 35.9 Å². The zero-order chi connectivity index (χ0) is 24.8. The Hall–Kier alpha value is -3.65. The van der Waals surface area contributed by atoms with Crippen LogP contribution in [0.15, 0.2) is 78.0 Å². The number of rotatable bonds is 9. The first kappa shape index (κ1) is 24.5. The molecule has 3 aromatic carbocycles. The molecule has 8 heteroatoms. The first-order valence-electron chi connectivity index (χ1n) is 11.4. The summed E-state index contributed by atoms with van der Waals surface area (Å²) >= 11 is 1.43. The summed E-state index contributed by atoms with van der Waals surface area (Å²) in [7, 11) is 1.60. The van der Waals surface area contributed by atoms with Gasteiger partial charge in [-0.2, -0.15) is 0 Å². The second kappa shape index (κ2) is 11.2. The van der Waals surface area contributed by atoms with Crippen molar-refractivity contribution >= 4 is 17.7 Å². The molecule has 4 aromatic rings. The van der Waals surface area contributed by atoms with Crippen molar-refractivity contribution in [2.45, 2.75) is 37.2 Å². The first-order valence-corrected chi connectivity index (χ1v) is 12.4. The third-order valence-electron chi connectivity index (χ3n) is 5.60. The first-order chi connectivity index (χ1) is 17.0. The van der Waals surface area contributed by atoms with Gasteiger partial charge in [0.25, 0.3) is 5.91 Å². The van der Waals surface area contributed by atoms with E-state index in [1.165, 1.54) is 17.8 Å². The number of nitrogens with zero attached hydrogens (tertiary/aromatic N) is 3. The summed E-state index contributed by atoms with van der Waals surface area (Å²) in [5.74, 6) is 1.25. The normalized spacial score (nSPS) is 11.8. The molecule has 0 saturated heterocycles. The highest BCUT2D eigenvalue weighted by Crippen LogP contribution is 2.32. The number of carbonyl (C=O) groups excluding carboxylic acids is 1. The van der Waals surface area contributed by atoms with Crippen molar-refractivity contribution in [1.82, 2.24) is 20.1 Å². The van der Waals surface area contributed by atoms with Crippen LogP contribution in [0.3, 0.4) is 0 Å². The maximum Gasteiger partial charge on any atom is 0.251 e. The lowest BCUT2D eigenvalue weighted by molar-refractivity contribution is 0.0939. The highest BCUT2D eigenvalue weighted by Gasteiger charge is 2.19. The topological polar surface area (TPSA) is 69.0 Å². The average molecular weight is 491 g/mol. The van der Waals surface area contributed by atoms with Crippen molar-refractivity contribution < 1.29 is 13.9 Å². The van der Waals surface area contributed by atoms with Crippen LogP contribution in [-0.4, -0.2) is 33.8 Å². The SMILES string of the molecule is CCC(C)NC(=O)c1cccc(CSc2nnc(-c3cccc(OC)c3)n2-c2ccccc2F)c1. The number of methoxy groups -OCH3 is 1. The van der Waals surface area contributed by atoms with Gasteiger partial charge in [0.05, 0.1) is 12.8 Å². The van der Waals surface area contributed by atoms with Crippen LogP contribution in [0.4, 0.5) is 4.39 Å². The molecule has 1 heterocycles. The maximum atomic E-state index is 14.9. The standard InChI is InChI=1S/C27H27FN4O2S/c1-4-18(2)29-26(33)21-11-7-9-19(15-21)17-35-27-31-30-25(20-10-8-12-22(16-20)34-3)32(27)24-14-6-5-13-23(24)28/h5-16,18H,4,17H2,1-3H3,(H,29,33). The van der Waals surface area contributed by atoms with Gasteiger partial charge in [-0.3, -0.25) is 9.36 Å². The van der Waals surface area contributed by atoms with Gasteiger partial charge in [-0.05, 0) is 55.3 Å². The van der Waals surface area contributed by atoms with Gasteiger partial charge in [0.15, 0.2) is 11.0 Å². The zero-order valence-corrected chi connectivity index (χ0v) is 20.7. The number of para-hydroxylation sites is 1. The largest absolute Gasteiger partial charge is 0.497 e. The van der Waals surface area contributed by atoms with Crippen LogP contribution in [-0.2, 0) is 5.75 Å². The van der Waals surface area contributed by atoms with Crippen LogP contribution >= 0.6 is 11.8 Å². The van der Waals surface area contributed by atoms with E-state index in [4.69, 9.17) is 4.74 Å². The van der Waals surface area contributed by atoms with Crippen molar-refractivity contribution in [2.24, 2.45) is 0 Å². The van der Waals surface area contributed by atoms with E-state index in [2.05, 4.69) is 15.5 Å². The van der Waals surface area contributed by atoms with E-state index in [1.807, 2.05) is 56.3 Å². The lowest BCUT2D eigenvalue weighted by atomic mass is 10.1. The number of benzene rings is 3. The van der Waals surface area contributed by atoms with E-state index < -0.39 is 0 Å². The Labute approximate surface area is 208 Å². The molecule has 0 bridgehead atoms. The van der Waals surface area contributed by atoms with Gasteiger partial charge in [-0.15, -0.1) is 10.2 Å². The Morgan fingerprint density at radius 1 is 1.09 bits per heavy atom. The lowest BCUT2D eigenvalue weighted by Crippen LogP contribution is -2.31. The minimum Gasteiger partial charge on any atom is -0.497 e. The number of carbonyl (C=O) groups is 1. The minimum absolute atomic E-state index is 0.0963. The van der Waals surface area contributed by atoms with Crippen molar-refractivity contribution in [3.05, 3.63) is 89.7 Å². The molecule has 1 amide bonds. The van der Waals surface area contributed by atoms with Gasteiger partial charge in [0, 0.05) is 22.9 Å². The molecule has 0 radical (unpaired) electrons. The molecule has 180 valence electrons. The number of ether oxygens (including phenoxy) is 1. The van der Waals surface area contributed by atoms with Gasteiger partial charge in [0.2, 0.25) is 0 Å². The molecule has 0 fully saturated rings. The average Bonchev–Trinajstić information content (AvgIpc) is 3.31. The number of halogens is 1. The second-order valence-electron chi connectivity index (χ2n) is 8.10. The third kappa shape index (κ3) is 5.71. The zero-order valence-electron chi connectivity index (χ0n) is 19.9. The number of amides is 1. The van der Waals surface area contributed by atoms with Gasteiger partial charge in [-0.25, -0.2) is 4.39 Å². The Morgan fingerprint density at radius 2 is 1.89 bits per heavy atom. The highest BCUT2D eigenvalue weighted by molar-refractivity contribution is 7.98.